The maximum absolute atomic E-state index is 3.75. The van der Waals surface area contributed by atoms with Crippen LogP contribution in [0.5, 0.6) is 0 Å². The molecule has 2 nitrogen and oxygen atoms in total. The third kappa shape index (κ3) is 6.34. The largest absolute Gasteiger partial charge is 1.00 e. The first-order chi connectivity index (χ1) is 21.7. The van der Waals surface area contributed by atoms with Crippen molar-refractivity contribution in [1.29, 1.82) is 0 Å². The molecule has 5 aromatic rings. The summed E-state index contributed by atoms with van der Waals surface area (Å²) >= 11 is 0. The van der Waals surface area contributed by atoms with E-state index in [0.29, 0.717) is 11.8 Å². The fourth-order valence-electron chi connectivity index (χ4n) is 8.06. The first kappa shape index (κ1) is 31.5. The van der Waals surface area contributed by atoms with Crippen LogP contribution in [0.15, 0.2) is 103 Å². The number of aromatic amines is 1. The Morgan fingerprint density at radius 2 is 1.18 bits per heavy atom. The van der Waals surface area contributed by atoms with Gasteiger partial charge in [0.05, 0.1) is 0 Å². The van der Waals surface area contributed by atoms with Crippen molar-refractivity contribution in [2.45, 2.75) is 89.9 Å². The number of imidazole rings is 1. The van der Waals surface area contributed by atoms with Gasteiger partial charge in [-0.2, -0.15) is 17.5 Å². The zero-order valence-electron chi connectivity index (χ0n) is 27.5. The average molecular weight is 586 g/mol. The third-order valence-electron chi connectivity index (χ3n) is 10.4. The van der Waals surface area contributed by atoms with E-state index >= 15 is 0 Å². The Bertz CT molecular complexity index is 1650. The molecule has 4 aromatic carbocycles. The van der Waals surface area contributed by atoms with Crippen molar-refractivity contribution in [3.05, 3.63) is 126 Å². The molecule has 0 radical (unpaired) electrons. The molecule has 7 rings (SSSR count). The molecule has 0 aliphatic heterocycles. The monoisotopic (exact) mass is 585 g/mol. The van der Waals surface area contributed by atoms with Crippen LogP contribution >= 0.6 is 0 Å². The van der Waals surface area contributed by atoms with Crippen molar-refractivity contribution in [1.82, 2.24) is 4.57 Å². The molecule has 3 heteroatoms. The molecule has 2 saturated carbocycles. The van der Waals surface area contributed by atoms with Crippen LogP contribution in [0.1, 0.15) is 107 Å². The number of rotatable bonds is 9. The Kier molecular flexibility index (Phi) is 10.0. The van der Waals surface area contributed by atoms with Gasteiger partial charge in [-0.3, -0.25) is 4.98 Å². The van der Waals surface area contributed by atoms with Gasteiger partial charge in [-0.15, -0.1) is 6.07 Å². The molecule has 0 spiro atoms. The molecule has 1 heterocycles. The molecule has 0 bridgehead atoms. The van der Waals surface area contributed by atoms with E-state index in [-0.39, 0.29) is 18.9 Å². The molecule has 2 aliphatic rings. The van der Waals surface area contributed by atoms with Gasteiger partial charge in [0.2, 0.25) is 5.82 Å². The van der Waals surface area contributed by atoms with Gasteiger partial charge in [0.15, 0.2) is 0 Å². The van der Waals surface area contributed by atoms with Gasteiger partial charge >= 0.3 is 18.9 Å². The van der Waals surface area contributed by atoms with Gasteiger partial charge in [-0.05, 0) is 71.9 Å². The molecular weight excluding hydrogens is 539 g/mol. The predicted molar refractivity (Wildman–Crippen MR) is 184 cm³/mol. The first-order valence-electron chi connectivity index (χ1n) is 17.1. The summed E-state index contributed by atoms with van der Waals surface area (Å²) in [7, 11) is 0. The summed E-state index contributed by atoms with van der Waals surface area (Å²) in [6, 6.07) is 34.1. The zero-order valence-corrected chi connectivity index (χ0v) is 27.5. The van der Waals surface area contributed by atoms with E-state index in [2.05, 4.69) is 127 Å². The van der Waals surface area contributed by atoms with Gasteiger partial charge in [0.25, 0.3) is 0 Å². The minimum atomic E-state index is 0. The van der Waals surface area contributed by atoms with E-state index in [4.69, 9.17) is 0 Å². The van der Waals surface area contributed by atoms with Crippen LogP contribution in [-0.4, -0.2) is 4.57 Å². The van der Waals surface area contributed by atoms with Gasteiger partial charge in [0, 0.05) is 11.1 Å². The fourth-order valence-corrected chi connectivity index (χ4v) is 8.06. The maximum Gasteiger partial charge on any atom is 1.00 e. The van der Waals surface area contributed by atoms with E-state index in [9.17, 15) is 0 Å². The van der Waals surface area contributed by atoms with Crippen LogP contribution in [-0.2, 0) is 0 Å². The summed E-state index contributed by atoms with van der Waals surface area (Å²) < 4.78 is 2.54. The molecule has 0 amide bonds. The molecule has 1 aromatic heterocycles. The number of aromatic nitrogens is 2. The topological polar surface area (TPSA) is 19.1 Å². The van der Waals surface area contributed by atoms with Gasteiger partial charge in [-0.1, -0.05) is 125 Å². The number of nitrogens with one attached hydrogen (secondary N) is 1. The van der Waals surface area contributed by atoms with Gasteiger partial charge in [-0.25, -0.2) is 4.57 Å². The smallest absolute Gasteiger partial charge is 0.254 e. The number of hydrogen-bond acceptors (Lipinski definition) is 0. The van der Waals surface area contributed by atoms with E-state index < -0.39 is 0 Å². The average Bonchev–Trinajstić information content (AvgIpc) is 3.90. The van der Waals surface area contributed by atoms with Crippen molar-refractivity contribution < 1.29 is 23.8 Å². The van der Waals surface area contributed by atoms with E-state index in [1.165, 1.54) is 102 Å². The van der Waals surface area contributed by atoms with Crippen molar-refractivity contribution in [2.24, 2.45) is 0 Å². The molecule has 45 heavy (non-hydrogen) atoms. The molecule has 0 saturated heterocycles. The zero-order chi connectivity index (χ0) is 29.9. The molecule has 1 N–H and O–H groups in total. The Morgan fingerprint density at radius 1 is 0.644 bits per heavy atom. The van der Waals surface area contributed by atoms with Crippen LogP contribution in [0.2, 0.25) is 0 Å². The molecular formula is C42H46LiN2+. The van der Waals surface area contributed by atoms with Crippen molar-refractivity contribution in [3.63, 3.8) is 0 Å². The van der Waals surface area contributed by atoms with Gasteiger partial charge < -0.3 is 0 Å². The summed E-state index contributed by atoms with van der Waals surface area (Å²) in [4.78, 5) is 3.75. The summed E-state index contributed by atoms with van der Waals surface area (Å²) in [5.41, 5.74) is 12.5. The maximum atomic E-state index is 3.75. The van der Waals surface area contributed by atoms with Crippen LogP contribution in [0.3, 0.4) is 0 Å². The standard InChI is InChI=1S/C42H45N2.Li/c1-3-30(4-2)38-27-35(31-15-7-5-8-16-31)23-24-37(38)42-43-25-26-44(42)41-39(33-19-11-12-20-33)28-36(32-17-9-6-10-18-32)29-40(41)34-21-13-14-22-34;/h5-10,15-18,23-29,33-34H,3-4,11-14,19-22H2,1-2H3;/q-1;+1/p+1. The number of benzene rings is 4. The van der Waals surface area contributed by atoms with Crippen molar-refractivity contribution in [3.8, 4) is 39.3 Å². The second-order valence-corrected chi connectivity index (χ2v) is 12.9. The number of H-pyrrole nitrogens is 1. The second-order valence-electron chi connectivity index (χ2n) is 12.9. The molecule has 2 aliphatic carbocycles. The van der Waals surface area contributed by atoms with Gasteiger partial charge in [0.1, 0.15) is 18.1 Å². The van der Waals surface area contributed by atoms with E-state index in [0.717, 1.165) is 12.8 Å². The normalized spacial score (nSPS) is 15.3. The number of nitrogens with zero attached hydrogens (tertiary/aromatic N) is 1. The Hall–Kier alpha value is -3.44. The SMILES string of the molecule is CC[C-](CC)c1cc(-c2ccccc2)ccc1-c1[nH+]ccn1-c1c(C2CCCC2)cc(-c2ccccc2)cc1C1CCCC1.[Li+]. The molecule has 0 atom stereocenters. The third-order valence-corrected chi connectivity index (χ3v) is 10.4. The van der Waals surface area contributed by atoms with E-state index in [1.807, 2.05) is 0 Å². The molecule has 2 fully saturated rings. The molecule has 224 valence electrons. The summed E-state index contributed by atoms with van der Waals surface area (Å²) in [6.45, 7) is 4.61. The summed E-state index contributed by atoms with van der Waals surface area (Å²) in [5, 5.41) is 0. The van der Waals surface area contributed by atoms with Crippen LogP contribution in [0.4, 0.5) is 0 Å². The Morgan fingerprint density at radius 3 is 1.71 bits per heavy atom. The van der Waals surface area contributed by atoms with E-state index in [1.54, 1.807) is 11.1 Å². The predicted octanol–water partition coefficient (Wildman–Crippen LogP) is 8.35. The van der Waals surface area contributed by atoms with Crippen molar-refractivity contribution in [2.75, 3.05) is 0 Å². The fraction of sp³-hybridized carbons (Fsp3) is 0.333. The second kappa shape index (κ2) is 14.3. The number of hydrogen-bond donors (Lipinski definition) is 0. The minimum Gasteiger partial charge on any atom is -0.254 e. The Balaban J connectivity index is 0.00000357. The van der Waals surface area contributed by atoms with Crippen molar-refractivity contribution >= 4 is 0 Å². The van der Waals surface area contributed by atoms with Crippen LogP contribution < -0.4 is 23.8 Å². The minimum absolute atomic E-state index is 0. The summed E-state index contributed by atoms with van der Waals surface area (Å²) in [6.07, 6.45) is 17.0. The van der Waals surface area contributed by atoms with Crippen LogP contribution in [0, 0.1) is 5.92 Å². The Labute approximate surface area is 282 Å². The summed E-state index contributed by atoms with van der Waals surface area (Å²) in [5.74, 6) is 3.92. The van der Waals surface area contributed by atoms with Crippen LogP contribution in [0.25, 0.3) is 39.3 Å². The first-order valence-corrected chi connectivity index (χ1v) is 17.1. The molecule has 0 unspecified atom stereocenters. The quantitative estimate of drug-likeness (QED) is 0.122.